The molecule has 0 aliphatic heterocycles. The Morgan fingerprint density at radius 1 is 0.824 bits per heavy atom. The van der Waals surface area contributed by atoms with E-state index in [0.29, 0.717) is 44.3 Å². The molecule has 34 heavy (non-hydrogen) atoms. The Hall–Kier alpha value is -3.67. The SMILES string of the molecule is COc1cccc(Oc2ccc(Cl)cc2NC(=O)c2cccc(OCc3ccccc3Cl)c2)c1. The molecule has 172 valence electrons. The van der Waals surface area contributed by atoms with Crippen molar-refractivity contribution in [1.29, 1.82) is 0 Å². The maximum absolute atomic E-state index is 13.0. The number of nitrogens with one attached hydrogen (secondary N) is 1. The van der Waals surface area contributed by atoms with Crippen LogP contribution in [0.2, 0.25) is 10.0 Å². The van der Waals surface area contributed by atoms with E-state index < -0.39 is 0 Å². The number of hydrogen-bond acceptors (Lipinski definition) is 4. The number of carbonyl (C=O) groups is 1. The number of carbonyl (C=O) groups excluding carboxylic acids is 1. The highest BCUT2D eigenvalue weighted by atomic mass is 35.5. The molecule has 0 heterocycles. The minimum atomic E-state index is -0.332. The average molecular weight is 494 g/mol. The normalized spacial score (nSPS) is 10.4. The van der Waals surface area contributed by atoms with Crippen LogP contribution in [0.1, 0.15) is 15.9 Å². The van der Waals surface area contributed by atoms with E-state index in [4.69, 9.17) is 37.4 Å². The Bertz CT molecular complexity index is 1310. The molecule has 7 heteroatoms. The molecule has 4 rings (SSSR count). The summed E-state index contributed by atoms with van der Waals surface area (Å²) in [6.07, 6.45) is 0. The van der Waals surface area contributed by atoms with Gasteiger partial charge in [-0.05, 0) is 54.6 Å². The largest absolute Gasteiger partial charge is 0.497 e. The van der Waals surface area contributed by atoms with Gasteiger partial charge in [-0.25, -0.2) is 0 Å². The quantitative estimate of drug-likeness (QED) is 0.274. The van der Waals surface area contributed by atoms with Gasteiger partial charge in [0.25, 0.3) is 5.91 Å². The average Bonchev–Trinajstić information content (AvgIpc) is 2.85. The van der Waals surface area contributed by atoms with Gasteiger partial charge in [-0.1, -0.05) is 53.5 Å². The van der Waals surface area contributed by atoms with Gasteiger partial charge in [0.1, 0.15) is 23.9 Å². The maximum atomic E-state index is 13.0. The second kappa shape index (κ2) is 11.0. The highest BCUT2D eigenvalue weighted by molar-refractivity contribution is 6.31. The predicted octanol–water partition coefficient (Wildman–Crippen LogP) is 7.63. The minimum Gasteiger partial charge on any atom is -0.497 e. The van der Waals surface area contributed by atoms with E-state index in [0.717, 1.165) is 5.56 Å². The summed E-state index contributed by atoms with van der Waals surface area (Å²) in [6.45, 7) is 0.289. The van der Waals surface area contributed by atoms with Gasteiger partial charge in [0.2, 0.25) is 0 Å². The smallest absolute Gasteiger partial charge is 0.255 e. The molecule has 4 aromatic carbocycles. The number of anilines is 1. The van der Waals surface area contributed by atoms with Crippen molar-refractivity contribution < 1.29 is 19.0 Å². The van der Waals surface area contributed by atoms with Crippen molar-refractivity contribution in [2.75, 3.05) is 12.4 Å². The molecular formula is C27H21Cl2NO4. The number of ether oxygens (including phenoxy) is 3. The van der Waals surface area contributed by atoms with Crippen LogP contribution in [0.5, 0.6) is 23.0 Å². The van der Waals surface area contributed by atoms with Crippen LogP contribution < -0.4 is 19.5 Å². The molecule has 0 saturated heterocycles. The summed E-state index contributed by atoms with van der Waals surface area (Å²) in [5.41, 5.74) is 1.71. The Kier molecular flexibility index (Phi) is 7.58. The van der Waals surface area contributed by atoms with Crippen LogP contribution in [0.15, 0.2) is 91.0 Å². The standard InChI is InChI=1S/C27H21Cl2NO4/c1-32-21-8-5-10-23(16-21)34-26-13-12-20(28)15-25(26)30-27(31)18-7-4-9-22(14-18)33-17-19-6-2-3-11-24(19)29/h2-16H,17H2,1H3,(H,30,31). The van der Waals surface area contributed by atoms with Gasteiger partial charge >= 0.3 is 0 Å². The van der Waals surface area contributed by atoms with Crippen molar-refractivity contribution in [1.82, 2.24) is 0 Å². The van der Waals surface area contributed by atoms with Crippen molar-refractivity contribution >= 4 is 34.8 Å². The topological polar surface area (TPSA) is 56.8 Å². The van der Waals surface area contributed by atoms with Crippen LogP contribution in [0, 0.1) is 0 Å². The summed E-state index contributed by atoms with van der Waals surface area (Å²) >= 11 is 12.4. The van der Waals surface area contributed by atoms with E-state index in [-0.39, 0.29) is 12.5 Å². The van der Waals surface area contributed by atoms with E-state index in [9.17, 15) is 4.79 Å². The summed E-state index contributed by atoms with van der Waals surface area (Å²) in [6, 6.07) is 26.5. The fourth-order valence-electron chi connectivity index (χ4n) is 3.18. The van der Waals surface area contributed by atoms with Gasteiger partial charge in [-0.15, -0.1) is 0 Å². The zero-order valence-corrected chi connectivity index (χ0v) is 19.8. The van der Waals surface area contributed by atoms with Crippen LogP contribution >= 0.6 is 23.2 Å². The minimum absolute atomic E-state index is 0.289. The Labute approximate surface area is 207 Å². The van der Waals surface area contributed by atoms with E-state index in [1.807, 2.05) is 30.3 Å². The molecule has 0 fully saturated rings. The summed E-state index contributed by atoms with van der Waals surface area (Å²) in [5, 5.41) is 3.96. The lowest BCUT2D eigenvalue weighted by Gasteiger charge is -2.14. The first-order valence-corrected chi connectivity index (χ1v) is 11.2. The third kappa shape index (κ3) is 6.01. The molecule has 0 atom stereocenters. The van der Waals surface area contributed by atoms with Crippen molar-refractivity contribution in [3.05, 3.63) is 112 Å². The van der Waals surface area contributed by atoms with Gasteiger partial charge < -0.3 is 19.5 Å². The Morgan fingerprint density at radius 3 is 2.41 bits per heavy atom. The molecule has 5 nitrogen and oxygen atoms in total. The molecule has 0 unspecified atom stereocenters. The molecule has 0 aromatic heterocycles. The molecule has 0 saturated carbocycles. The third-order valence-corrected chi connectivity index (χ3v) is 5.51. The van der Waals surface area contributed by atoms with Crippen LogP contribution in [-0.2, 0) is 6.61 Å². The van der Waals surface area contributed by atoms with Crippen LogP contribution in [0.25, 0.3) is 0 Å². The maximum Gasteiger partial charge on any atom is 0.255 e. The molecule has 0 aliphatic rings. The van der Waals surface area contributed by atoms with Gasteiger partial charge in [-0.2, -0.15) is 0 Å². The van der Waals surface area contributed by atoms with Gasteiger partial charge in [0.15, 0.2) is 5.75 Å². The monoisotopic (exact) mass is 493 g/mol. The Morgan fingerprint density at radius 2 is 1.59 bits per heavy atom. The third-order valence-electron chi connectivity index (χ3n) is 4.91. The summed E-state index contributed by atoms with van der Waals surface area (Å²) in [4.78, 5) is 13.0. The molecular weight excluding hydrogens is 473 g/mol. The van der Waals surface area contributed by atoms with E-state index in [2.05, 4.69) is 5.32 Å². The first kappa shape index (κ1) is 23.5. The number of hydrogen-bond donors (Lipinski definition) is 1. The van der Waals surface area contributed by atoms with E-state index >= 15 is 0 Å². The molecule has 4 aromatic rings. The Balaban J connectivity index is 1.49. The van der Waals surface area contributed by atoms with Gasteiger partial charge in [-0.3, -0.25) is 4.79 Å². The summed E-state index contributed by atoms with van der Waals surface area (Å²) in [7, 11) is 1.58. The molecule has 0 spiro atoms. The lowest BCUT2D eigenvalue weighted by molar-refractivity contribution is 0.102. The van der Waals surface area contributed by atoms with Crippen molar-refractivity contribution in [2.45, 2.75) is 6.61 Å². The van der Waals surface area contributed by atoms with E-state index in [1.165, 1.54) is 0 Å². The number of methoxy groups -OCH3 is 1. The number of halogens is 2. The molecule has 1 N–H and O–H groups in total. The summed E-state index contributed by atoms with van der Waals surface area (Å²) in [5.74, 6) is 1.88. The van der Waals surface area contributed by atoms with Crippen LogP contribution in [0.3, 0.4) is 0 Å². The second-order valence-electron chi connectivity index (χ2n) is 7.28. The zero-order chi connectivity index (χ0) is 23.9. The van der Waals surface area contributed by atoms with Gasteiger partial charge in [0.05, 0.1) is 12.8 Å². The van der Waals surface area contributed by atoms with Gasteiger partial charge in [0, 0.05) is 27.2 Å². The number of benzene rings is 4. The molecule has 0 radical (unpaired) electrons. The zero-order valence-electron chi connectivity index (χ0n) is 18.3. The number of rotatable bonds is 8. The summed E-state index contributed by atoms with van der Waals surface area (Å²) < 4.78 is 17.1. The lowest BCUT2D eigenvalue weighted by Crippen LogP contribution is -2.12. The molecule has 0 bridgehead atoms. The fourth-order valence-corrected chi connectivity index (χ4v) is 3.54. The number of amides is 1. The molecule has 1 amide bonds. The van der Waals surface area contributed by atoms with Crippen LogP contribution in [-0.4, -0.2) is 13.0 Å². The molecule has 0 aliphatic carbocycles. The second-order valence-corrected chi connectivity index (χ2v) is 8.13. The highest BCUT2D eigenvalue weighted by Crippen LogP contribution is 2.33. The first-order chi connectivity index (χ1) is 16.5. The predicted molar refractivity (Wildman–Crippen MR) is 135 cm³/mol. The van der Waals surface area contributed by atoms with Crippen molar-refractivity contribution in [3.8, 4) is 23.0 Å². The van der Waals surface area contributed by atoms with Crippen LogP contribution in [0.4, 0.5) is 5.69 Å². The lowest BCUT2D eigenvalue weighted by atomic mass is 10.2. The fraction of sp³-hybridized carbons (Fsp3) is 0.0741. The highest BCUT2D eigenvalue weighted by Gasteiger charge is 2.13. The van der Waals surface area contributed by atoms with E-state index in [1.54, 1.807) is 67.8 Å². The van der Waals surface area contributed by atoms with Crippen molar-refractivity contribution in [3.63, 3.8) is 0 Å². The van der Waals surface area contributed by atoms with Crippen molar-refractivity contribution in [2.24, 2.45) is 0 Å². The first-order valence-electron chi connectivity index (χ1n) is 10.4.